The molecule has 0 saturated carbocycles. The van der Waals surface area contributed by atoms with E-state index in [0.717, 1.165) is 64.2 Å². The summed E-state index contributed by atoms with van der Waals surface area (Å²) in [4.78, 5) is 36.5. The number of esters is 2. The molecule has 1 N–H and O–H groups in total. The van der Waals surface area contributed by atoms with Gasteiger partial charge in [-0.1, -0.05) is 87.4 Å². The normalized spacial score (nSPS) is 13.9. The molecule has 0 aliphatic heterocycles. The van der Waals surface area contributed by atoms with Crippen molar-refractivity contribution in [3.05, 3.63) is 60.8 Å². The maximum atomic E-state index is 12.6. The lowest BCUT2D eigenvalue weighted by molar-refractivity contribution is -0.887. The van der Waals surface area contributed by atoms with Gasteiger partial charge in [0.05, 0.1) is 34.4 Å². The maximum absolute atomic E-state index is 12.6. The second-order valence-electron chi connectivity index (χ2n) is 12.0. The van der Waals surface area contributed by atoms with Crippen molar-refractivity contribution in [2.75, 3.05) is 41.0 Å². The van der Waals surface area contributed by atoms with Gasteiger partial charge in [0.2, 0.25) is 0 Å². The lowest BCUT2D eigenvalue weighted by atomic mass is 10.1. The molecule has 8 heteroatoms. The summed E-state index contributed by atoms with van der Waals surface area (Å²) < 4.78 is 17.0. The molecule has 0 amide bonds. The summed E-state index contributed by atoms with van der Waals surface area (Å²) in [7, 11) is 5.47. The summed E-state index contributed by atoms with van der Waals surface area (Å²) in [5.74, 6) is -1.61. The van der Waals surface area contributed by atoms with Crippen molar-refractivity contribution in [3.63, 3.8) is 0 Å². The third-order valence-electron chi connectivity index (χ3n) is 6.93. The third-order valence-corrected chi connectivity index (χ3v) is 6.93. The molecule has 0 aromatic heterocycles. The largest absolute Gasteiger partial charge is 0.477 e. The minimum atomic E-state index is -0.891. The number of hydrogen-bond donors (Lipinski definition) is 1. The van der Waals surface area contributed by atoms with Crippen LogP contribution in [0.3, 0.4) is 0 Å². The lowest BCUT2D eigenvalue weighted by Gasteiger charge is -2.31. The highest BCUT2D eigenvalue weighted by molar-refractivity contribution is 5.72. The number of rotatable bonds is 28. The number of carbonyl (C=O) groups is 3. The van der Waals surface area contributed by atoms with Gasteiger partial charge in [-0.25, -0.2) is 4.79 Å². The van der Waals surface area contributed by atoms with E-state index in [-0.39, 0.29) is 49.1 Å². The Morgan fingerprint density at radius 3 is 1.80 bits per heavy atom. The van der Waals surface area contributed by atoms with Crippen LogP contribution in [-0.2, 0) is 28.6 Å². The topological polar surface area (TPSA) is 99.1 Å². The van der Waals surface area contributed by atoms with Gasteiger partial charge in [-0.3, -0.25) is 9.59 Å². The van der Waals surface area contributed by atoms with Crippen LogP contribution in [0.2, 0.25) is 0 Å². The first-order chi connectivity index (χ1) is 21.6. The zero-order chi connectivity index (χ0) is 33.6. The zero-order valence-electron chi connectivity index (χ0n) is 28.8. The van der Waals surface area contributed by atoms with Gasteiger partial charge in [0.25, 0.3) is 0 Å². The molecule has 0 saturated heterocycles. The quantitative estimate of drug-likeness (QED) is 0.0405. The van der Waals surface area contributed by atoms with Gasteiger partial charge in [0.15, 0.2) is 12.1 Å². The molecule has 256 valence electrons. The maximum Gasteiger partial charge on any atom is 0.362 e. The van der Waals surface area contributed by atoms with E-state index in [0.29, 0.717) is 12.8 Å². The average molecular weight is 633 g/mol. The van der Waals surface area contributed by atoms with E-state index in [9.17, 15) is 19.5 Å². The first-order valence-electron chi connectivity index (χ1n) is 16.8. The molecule has 0 rings (SSSR count). The predicted octanol–water partition coefficient (Wildman–Crippen LogP) is 7.90. The molecule has 45 heavy (non-hydrogen) atoms. The average Bonchev–Trinajstić information content (AvgIpc) is 2.98. The van der Waals surface area contributed by atoms with Crippen LogP contribution in [-0.4, -0.2) is 80.6 Å². The van der Waals surface area contributed by atoms with Gasteiger partial charge in [-0.15, -0.1) is 0 Å². The van der Waals surface area contributed by atoms with Crippen molar-refractivity contribution in [1.29, 1.82) is 0 Å². The van der Waals surface area contributed by atoms with Crippen LogP contribution in [0.5, 0.6) is 0 Å². The fourth-order valence-electron chi connectivity index (χ4n) is 4.34. The molecule has 8 nitrogen and oxygen atoms in total. The van der Waals surface area contributed by atoms with Crippen molar-refractivity contribution < 1.29 is 38.2 Å². The Balaban J connectivity index is 4.55. The highest BCUT2D eigenvalue weighted by atomic mass is 16.6. The highest BCUT2D eigenvalue weighted by Crippen LogP contribution is 2.11. The number of aliphatic carboxylic acids is 1. The second kappa shape index (κ2) is 28.5. The van der Waals surface area contributed by atoms with E-state index in [1.165, 1.54) is 0 Å². The van der Waals surface area contributed by atoms with Gasteiger partial charge < -0.3 is 23.8 Å². The van der Waals surface area contributed by atoms with E-state index in [1.54, 1.807) is 0 Å². The SMILES string of the molecule is CC/C=C/C/C=C/C/C=C/CCCCCCC(=O)OC(COCCC(C(=O)O)[N+](C)(C)C)COC(=O)CC/C=C/C/C=C/CC. The Morgan fingerprint density at radius 1 is 0.667 bits per heavy atom. The summed E-state index contributed by atoms with van der Waals surface area (Å²) in [6.07, 6.45) is 31.6. The Hall–Kier alpha value is -2.97. The number of carboxylic acids is 1. The standard InChI is InChI=1S/C37H61NO7/c1-6-8-10-12-14-15-16-17-18-19-20-22-24-26-28-36(40)45-33(31-43-30-29-34(37(41)42)38(3,4)5)32-44-35(39)27-25-23-21-13-11-9-7-2/h8-11,14-15,17-18,21,23,33-34H,6-7,12-13,16,19-20,22,24-32H2,1-5H3/p+1/b10-8+,11-9+,15-14+,18-17+,23-21+. The molecule has 2 atom stereocenters. The fraction of sp³-hybridized carbons (Fsp3) is 0.649. The van der Waals surface area contributed by atoms with Crippen molar-refractivity contribution in [2.45, 2.75) is 116 Å². The number of nitrogens with zero attached hydrogens (tertiary/aromatic N) is 1. The highest BCUT2D eigenvalue weighted by Gasteiger charge is 2.31. The third kappa shape index (κ3) is 27.1. The Morgan fingerprint density at radius 2 is 1.22 bits per heavy atom. The van der Waals surface area contributed by atoms with Crippen LogP contribution in [0.25, 0.3) is 0 Å². The van der Waals surface area contributed by atoms with E-state index >= 15 is 0 Å². The van der Waals surface area contributed by atoms with E-state index in [4.69, 9.17) is 14.2 Å². The number of likely N-dealkylation sites (N-methyl/N-ethyl adjacent to an activating group) is 1. The number of allylic oxidation sites excluding steroid dienone is 10. The van der Waals surface area contributed by atoms with Crippen LogP contribution in [0.4, 0.5) is 0 Å². The van der Waals surface area contributed by atoms with Gasteiger partial charge in [0.1, 0.15) is 6.61 Å². The van der Waals surface area contributed by atoms with Crippen molar-refractivity contribution in [3.8, 4) is 0 Å². The van der Waals surface area contributed by atoms with Crippen molar-refractivity contribution in [2.24, 2.45) is 0 Å². The molecule has 2 unspecified atom stereocenters. The molecular weight excluding hydrogens is 570 g/mol. The van der Waals surface area contributed by atoms with E-state index in [1.807, 2.05) is 33.3 Å². The molecule has 0 aliphatic rings. The molecule has 0 radical (unpaired) electrons. The summed E-state index contributed by atoms with van der Waals surface area (Å²) >= 11 is 0. The van der Waals surface area contributed by atoms with E-state index in [2.05, 4.69) is 62.5 Å². The second-order valence-corrected chi connectivity index (χ2v) is 12.0. The Bertz CT molecular complexity index is 928. The van der Waals surface area contributed by atoms with E-state index < -0.39 is 18.1 Å². The van der Waals surface area contributed by atoms with Crippen LogP contribution in [0.1, 0.15) is 104 Å². The summed E-state index contributed by atoms with van der Waals surface area (Å²) in [5, 5.41) is 9.54. The zero-order valence-corrected chi connectivity index (χ0v) is 28.8. The van der Waals surface area contributed by atoms with Crippen LogP contribution < -0.4 is 0 Å². The molecule has 0 aromatic rings. The minimum Gasteiger partial charge on any atom is -0.477 e. The Labute approximate surface area is 273 Å². The van der Waals surface area contributed by atoms with Gasteiger partial charge >= 0.3 is 17.9 Å². The van der Waals surface area contributed by atoms with Crippen molar-refractivity contribution in [1.82, 2.24) is 0 Å². The number of quaternary nitrogens is 1. The van der Waals surface area contributed by atoms with Crippen LogP contribution in [0.15, 0.2) is 60.8 Å². The van der Waals surface area contributed by atoms with Gasteiger partial charge in [-0.2, -0.15) is 0 Å². The number of unbranched alkanes of at least 4 members (excludes halogenated alkanes) is 4. The van der Waals surface area contributed by atoms with Gasteiger partial charge in [0, 0.05) is 19.3 Å². The lowest BCUT2D eigenvalue weighted by Crippen LogP contribution is -2.50. The Kier molecular flexibility index (Phi) is 26.6. The first kappa shape index (κ1) is 42.0. The predicted molar refractivity (Wildman–Crippen MR) is 183 cm³/mol. The molecule has 0 aromatic carbocycles. The molecule has 0 aliphatic carbocycles. The first-order valence-corrected chi connectivity index (χ1v) is 16.8. The fourth-order valence-corrected chi connectivity index (χ4v) is 4.34. The summed E-state index contributed by atoms with van der Waals surface area (Å²) in [6, 6.07) is -0.625. The number of carboxylic acid groups (broad SMARTS) is 1. The summed E-state index contributed by atoms with van der Waals surface area (Å²) in [6.45, 7) is 4.34. The van der Waals surface area contributed by atoms with Crippen molar-refractivity contribution >= 4 is 17.9 Å². The van der Waals surface area contributed by atoms with Crippen LogP contribution in [0, 0.1) is 0 Å². The monoisotopic (exact) mass is 632 g/mol. The van der Waals surface area contributed by atoms with Crippen LogP contribution >= 0.6 is 0 Å². The molecule has 0 spiro atoms. The smallest absolute Gasteiger partial charge is 0.362 e. The molecule has 0 heterocycles. The minimum absolute atomic E-state index is 0.0309. The summed E-state index contributed by atoms with van der Waals surface area (Å²) in [5.41, 5.74) is 0. The number of hydrogen-bond acceptors (Lipinski definition) is 6. The molecule has 0 fully saturated rings. The number of ether oxygens (including phenoxy) is 3. The molecular formula is C37H62NO7+. The number of carbonyl (C=O) groups excluding carboxylic acids is 2. The molecule has 0 bridgehead atoms. The van der Waals surface area contributed by atoms with Gasteiger partial charge in [-0.05, 0) is 57.8 Å².